The van der Waals surface area contributed by atoms with Crippen LogP contribution >= 0.6 is 0 Å². The Morgan fingerprint density at radius 3 is 2.33 bits per heavy atom. The zero-order valence-electron chi connectivity index (χ0n) is 19.4. The summed E-state index contributed by atoms with van der Waals surface area (Å²) in [5.74, 6) is 0.316. The number of hydrogen-bond donors (Lipinski definition) is 1. The van der Waals surface area contributed by atoms with E-state index in [0.29, 0.717) is 23.5 Å². The van der Waals surface area contributed by atoms with E-state index in [4.69, 9.17) is 4.74 Å². The minimum absolute atomic E-state index is 0.0703. The molecule has 0 fully saturated rings. The fourth-order valence-electron chi connectivity index (χ4n) is 3.46. The van der Waals surface area contributed by atoms with Crippen molar-refractivity contribution in [3.63, 3.8) is 0 Å². The van der Waals surface area contributed by atoms with E-state index in [1.54, 1.807) is 42.5 Å². The van der Waals surface area contributed by atoms with Gasteiger partial charge in [0.25, 0.3) is 5.91 Å². The lowest BCUT2D eigenvalue weighted by atomic mass is 10.1. The van der Waals surface area contributed by atoms with Crippen LogP contribution in [-0.2, 0) is 16.6 Å². The second kappa shape index (κ2) is 10.6. The second-order valence-electron chi connectivity index (χ2n) is 7.94. The number of sulfonamides is 1. The molecule has 6 nitrogen and oxygen atoms in total. The van der Waals surface area contributed by atoms with Crippen molar-refractivity contribution in [1.82, 2.24) is 9.62 Å². The first-order chi connectivity index (χ1) is 15.7. The summed E-state index contributed by atoms with van der Waals surface area (Å²) in [7, 11) is -2.17. The van der Waals surface area contributed by atoms with Gasteiger partial charge < -0.3 is 10.1 Å². The van der Waals surface area contributed by atoms with Gasteiger partial charge in [-0.15, -0.1) is 0 Å². The second-order valence-corrected chi connectivity index (χ2v) is 9.98. The Labute approximate surface area is 196 Å². The van der Waals surface area contributed by atoms with Gasteiger partial charge in [-0.05, 0) is 56.7 Å². The van der Waals surface area contributed by atoms with Gasteiger partial charge in [0.1, 0.15) is 5.75 Å². The lowest BCUT2D eigenvalue weighted by Gasteiger charge is -2.20. The number of aryl methyl sites for hydroxylation is 1. The molecule has 0 aliphatic rings. The highest BCUT2D eigenvalue weighted by atomic mass is 32.2. The van der Waals surface area contributed by atoms with Gasteiger partial charge in [-0.2, -0.15) is 4.31 Å². The van der Waals surface area contributed by atoms with E-state index in [0.717, 1.165) is 11.1 Å². The van der Waals surface area contributed by atoms with E-state index in [1.165, 1.54) is 11.4 Å². The van der Waals surface area contributed by atoms with Crippen LogP contribution in [0.1, 0.15) is 46.9 Å². The van der Waals surface area contributed by atoms with E-state index >= 15 is 0 Å². The topological polar surface area (TPSA) is 75.7 Å². The standard InChI is InChI=1S/C26H30N2O4S/c1-5-32-25-16-13-22(26(29)27-20(3)21-9-7-6-8-10-21)17-23(25)18-28(4)33(30,31)24-14-11-19(2)12-15-24/h6-17,20H,5,18H2,1-4H3,(H,27,29)/t20-/m1/s1. The molecule has 1 N–H and O–H groups in total. The number of rotatable bonds is 9. The van der Waals surface area contributed by atoms with Crippen LogP contribution in [0.4, 0.5) is 0 Å². The average molecular weight is 467 g/mol. The number of nitrogens with one attached hydrogen (secondary N) is 1. The van der Waals surface area contributed by atoms with Crippen LogP contribution in [0.2, 0.25) is 0 Å². The molecule has 3 aromatic carbocycles. The molecule has 0 radical (unpaired) electrons. The molecule has 7 heteroatoms. The van der Waals surface area contributed by atoms with E-state index in [1.807, 2.05) is 51.1 Å². The van der Waals surface area contributed by atoms with E-state index in [9.17, 15) is 13.2 Å². The molecular formula is C26H30N2O4S. The van der Waals surface area contributed by atoms with Crippen molar-refractivity contribution in [2.45, 2.75) is 38.3 Å². The fraction of sp³-hybridized carbons (Fsp3) is 0.269. The zero-order chi connectivity index (χ0) is 24.0. The summed E-state index contributed by atoms with van der Waals surface area (Å²) < 4.78 is 33.1. The Balaban J connectivity index is 1.83. The maximum Gasteiger partial charge on any atom is 0.251 e. The Hall–Kier alpha value is -3.16. The quantitative estimate of drug-likeness (QED) is 0.496. The van der Waals surface area contributed by atoms with Gasteiger partial charge in [0.2, 0.25) is 10.0 Å². The third-order valence-electron chi connectivity index (χ3n) is 5.39. The van der Waals surface area contributed by atoms with Crippen LogP contribution in [0.15, 0.2) is 77.7 Å². The van der Waals surface area contributed by atoms with Gasteiger partial charge in [-0.25, -0.2) is 8.42 Å². The third-order valence-corrected chi connectivity index (χ3v) is 7.21. The molecule has 0 bridgehead atoms. The Kier molecular flexibility index (Phi) is 7.89. The summed E-state index contributed by atoms with van der Waals surface area (Å²) in [6.07, 6.45) is 0. The zero-order valence-corrected chi connectivity index (χ0v) is 20.2. The minimum atomic E-state index is -3.70. The predicted molar refractivity (Wildman–Crippen MR) is 130 cm³/mol. The van der Waals surface area contributed by atoms with Gasteiger partial charge in [-0.1, -0.05) is 48.0 Å². The number of ether oxygens (including phenoxy) is 1. The first-order valence-electron chi connectivity index (χ1n) is 10.9. The van der Waals surface area contributed by atoms with Crippen molar-refractivity contribution in [1.29, 1.82) is 0 Å². The predicted octanol–water partition coefficient (Wildman–Crippen LogP) is 4.71. The first-order valence-corrected chi connectivity index (χ1v) is 12.3. The minimum Gasteiger partial charge on any atom is -0.494 e. The normalized spacial score (nSPS) is 12.4. The van der Waals surface area contributed by atoms with Crippen LogP contribution in [0.5, 0.6) is 5.75 Å². The van der Waals surface area contributed by atoms with E-state index < -0.39 is 10.0 Å². The highest BCUT2D eigenvalue weighted by Gasteiger charge is 2.23. The SMILES string of the molecule is CCOc1ccc(C(=O)N[C@H](C)c2ccccc2)cc1CN(C)S(=O)(=O)c1ccc(C)cc1. The highest BCUT2D eigenvalue weighted by Crippen LogP contribution is 2.25. The summed E-state index contributed by atoms with van der Waals surface area (Å²) in [6, 6.07) is 21.4. The molecule has 3 aromatic rings. The summed E-state index contributed by atoms with van der Waals surface area (Å²) in [6.45, 7) is 6.19. The van der Waals surface area contributed by atoms with Gasteiger partial charge in [0.05, 0.1) is 17.5 Å². The molecule has 0 spiro atoms. The van der Waals surface area contributed by atoms with Crippen LogP contribution in [0.3, 0.4) is 0 Å². The van der Waals surface area contributed by atoms with Gasteiger partial charge in [-0.3, -0.25) is 4.79 Å². The molecule has 1 atom stereocenters. The number of carbonyl (C=O) groups is 1. The van der Waals surface area contributed by atoms with Crippen LogP contribution in [0.25, 0.3) is 0 Å². The van der Waals surface area contributed by atoms with Crippen molar-refractivity contribution in [2.75, 3.05) is 13.7 Å². The van der Waals surface area contributed by atoms with Gasteiger partial charge >= 0.3 is 0 Å². The largest absolute Gasteiger partial charge is 0.494 e. The molecule has 0 aliphatic heterocycles. The molecule has 174 valence electrons. The lowest BCUT2D eigenvalue weighted by Crippen LogP contribution is -2.28. The van der Waals surface area contributed by atoms with Gasteiger partial charge in [0.15, 0.2) is 0 Å². The molecule has 3 rings (SSSR count). The lowest BCUT2D eigenvalue weighted by molar-refractivity contribution is 0.0939. The van der Waals surface area contributed by atoms with E-state index in [-0.39, 0.29) is 23.4 Å². The summed E-state index contributed by atoms with van der Waals surface area (Å²) >= 11 is 0. The maximum atomic E-state index is 13.0. The molecule has 0 aliphatic carbocycles. The van der Waals surface area contributed by atoms with Crippen molar-refractivity contribution < 1.29 is 17.9 Å². The summed E-state index contributed by atoms with van der Waals surface area (Å²) in [5, 5.41) is 2.99. The Morgan fingerprint density at radius 2 is 1.70 bits per heavy atom. The highest BCUT2D eigenvalue weighted by molar-refractivity contribution is 7.89. The summed E-state index contributed by atoms with van der Waals surface area (Å²) in [5.41, 5.74) is 3.05. The number of nitrogens with zero attached hydrogens (tertiary/aromatic N) is 1. The number of hydrogen-bond acceptors (Lipinski definition) is 4. The Bertz CT molecular complexity index is 1190. The number of amides is 1. The third kappa shape index (κ3) is 6.00. The molecule has 33 heavy (non-hydrogen) atoms. The van der Waals surface area contributed by atoms with Gasteiger partial charge in [0, 0.05) is 24.7 Å². The first kappa shape index (κ1) is 24.5. The number of benzene rings is 3. The van der Waals surface area contributed by atoms with Crippen molar-refractivity contribution in [2.24, 2.45) is 0 Å². The van der Waals surface area contributed by atoms with Crippen molar-refractivity contribution in [3.8, 4) is 5.75 Å². The molecule has 0 unspecified atom stereocenters. The summed E-state index contributed by atoms with van der Waals surface area (Å²) in [4.78, 5) is 13.1. The fourth-order valence-corrected chi connectivity index (χ4v) is 4.61. The van der Waals surface area contributed by atoms with Crippen molar-refractivity contribution >= 4 is 15.9 Å². The maximum absolute atomic E-state index is 13.0. The monoisotopic (exact) mass is 466 g/mol. The smallest absolute Gasteiger partial charge is 0.251 e. The van der Waals surface area contributed by atoms with E-state index in [2.05, 4.69) is 5.32 Å². The van der Waals surface area contributed by atoms with Crippen LogP contribution < -0.4 is 10.1 Å². The number of carbonyl (C=O) groups excluding carboxylic acids is 1. The molecule has 1 amide bonds. The van der Waals surface area contributed by atoms with Crippen molar-refractivity contribution in [3.05, 3.63) is 95.1 Å². The average Bonchev–Trinajstić information content (AvgIpc) is 2.81. The van der Waals surface area contributed by atoms with Crippen LogP contribution in [-0.4, -0.2) is 32.3 Å². The van der Waals surface area contributed by atoms with Crippen LogP contribution in [0, 0.1) is 6.92 Å². The molecule has 0 saturated heterocycles. The molecular weight excluding hydrogens is 436 g/mol. The molecule has 0 heterocycles. The molecule has 0 aromatic heterocycles. The Morgan fingerprint density at radius 1 is 1.03 bits per heavy atom. The molecule has 0 saturated carbocycles.